The van der Waals surface area contributed by atoms with Crippen LogP contribution in [-0.4, -0.2) is 28.2 Å². The molecule has 3 rings (SSSR count). The summed E-state index contributed by atoms with van der Waals surface area (Å²) in [5.41, 5.74) is 2.63. The van der Waals surface area contributed by atoms with Gasteiger partial charge >= 0.3 is 0 Å². The monoisotopic (exact) mass is 261 g/mol. The summed E-state index contributed by atoms with van der Waals surface area (Å²) in [6, 6.07) is 4.78. The minimum Gasteiger partial charge on any atom is -0.388 e. The highest BCUT2D eigenvalue weighted by Gasteiger charge is 2.18. The van der Waals surface area contributed by atoms with Gasteiger partial charge in [-0.3, -0.25) is 0 Å². The topological polar surface area (TPSA) is 52.2 Å². The van der Waals surface area contributed by atoms with Crippen LogP contribution in [0.25, 0.3) is 11.3 Å². The van der Waals surface area contributed by atoms with E-state index < -0.39 is 0 Å². The van der Waals surface area contributed by atoms with Crippen molar-refractivity contribution in [3.05, 3.63) is 36.0 Å². The Kier molecular flexibility index (Phi) is 3.21. The standard InChI is InChI=1S/C14H16FN3O/c15-10-3-4-11(12-8-16-14(9-19)17-12)13(7-10)18-5-1-2-6-18/h3-4,7-8,19H,1-2,5-6,9H2,(H,16,17). The third kappa shape index (κ3) is 2.33. The maximum Gasteiger partial charge on any atom is 0.132 e. The summed E-state index contributed by atoms with van der Waals surface area (Å²) in [7, 11) is 0. The fourth-order valence-electron chi connectivity index (χ4n) is 2.53. The van der Waals surface area contributed by atoms with Crippen LogP contribution in [0.4, 0.5) is 10.1 Å². The maximum absolute atomic E-state index is 13.5. The van der Waals surface area contributed by atoms with Gasteiger partial charge in [0.1, 0.15) is 18.2 Å². The third-order valence-electron chi connectivity index (χ3n) is 3.47. The largest absolute Gasteiger partial charge is 0.388 e. The van der Waals surface area contributed by atoms with Crippen LogP contribution in [-0.2, 0) is 6.61 Å². The zero-order valence-electron chi connectivity index (χ0n) is 10.6. The molecule has 0 bridgehead atoms. The van der Waals surface area contributed by atoms with Gasteiger partial charge in [-0.15, -0.1) is 0 Å². The molecule has 1 aromatic heterocycles. The highest BCUT2D eigenvalue weighted by Crippen LogP contribution is 2.32. The van der Waals surface area contributed by atoms with Crippen molar-refractivity contribution in [1.82, 2.24) is 9.97 Å². The molecule has 2 heterocycles. The lowest BCUT2D eigenvalue weighted by Crippen LogP contribution is -2.18. The first-order valence-electron chi connectivity index (χ1n) is 6.47. The van der Waals surface area contributed by atoms with E-state index in [2.05, 4.69) is 14.9 Å². The Morgan fingerprint density at radius 1 is 1.32 bits per heavy atom. The molecule has 100 valence electrons. The first-order chi connectivity index (χ1) is 9.28. The van der Waals surface area contributed by atoms with Gasteiger partial charge < -0.3 is 15.0 Å². The molecule has 1 saturated heterocycles. The second-order valence-corrected chi connectivity index (χ2v) is 4.76. The van der Waals surface area contributed by atoms with Crippen molar-refractivity contribution in [1.29, 1.82) is 0 Å². The second kappa shape index (κ2) is 5.01. The third-order valence-corrected chi connectivity index (χ3v) is 3.47. The summed E-state index contributed by atoms with van der Waals surface area (Å²) in [5, 5.41) is 9.06. The number of H-pyrrole nitrogens is 1. The van der Waals surface area contributed by atoms with E-state index in [0.29, 0.717) is 5.82 Å². The van der Waals surface area contributed by atoms with Crippen LogP contribution < -0.4 is 4.90 Å². The predicted octanol–water partition coefficient (Wildman–Crippen LogP) is 2.31. The van der Waals surface area contributed by atoms with E-state index >= 15 is 0 Å². The molecule has 0 spiro atoms. The Bertz CT molecular complexity index is 576. The summed E-state index contributed by atoms with van der Waals surface area (Å²) in [4.78, 5) is 9.33. The van der Waals surface area contributed by atoms with Crippen LogP contribution in [0, 0.1) is 5.82 Å². The van der Waals surface area contributed by atoms with Crippen molar-refractivity contribution in [2.45, 2.75) is 19.4 Å². The molecular weight excluding hydrogens is 245 g/mol. The van der Waals surface area contributed by atoms with E-state index in [1.54, 1.807) is 18.3 Å². The molecule has 0 amide bonds. The first-order valence-corrected chi connectivity index (χ1v) is 6.47. The number of aliphatic hydroxyl groups excluding tert-OH is 1. The molecule has 0 unspecified atom stereocenters. The van der Waals surface area contributed by atoms with Gasteiger partial charge in [0, 0.05) is 24.3 Å². The molecule has 1 aliphatic heterocycles. The minimum absolute atomic E-state index is 0.125. The number of nitrogens with one attached hydrogen (secondary N) is 1. The van der Waals surface area contributed by atoms with E-state index in [1.165, 1.54) is 6.07 Å². The summed E-state index contributed by atoms with van der Waals surface area (Å²) < 4.78 is 13.5. The lowest BCUT2D eigenvalue weighted by molar-refractivity contribution is 0.272. The van der Waals surface area contributed by atoms with E-state index in [0.717, 1.165) is 42.9 Å². The fourth-order valence-corrected chi connectivity index (χ4v) is 2.53. The molecule has 2 N–H and O–H groups in total. The Labute approximate surface area is 110 Å². The quantitative estimate of drug-likeness (QED) is 0.891. The molecule has 1 aromatic carbocycles. The smallest absolute Gasteiger partial charge is 0.132 e. The van der Waals surface area contributed by atoms with Crippen molar-refractivity contribution < 1.29 is 9.50 Å². The van der Waals surface area contributed by atoms with Gasteiger partial charge in [0.25, 0.3) is 0 Å². The zero-order valence-corrected chi connectivity index (χ0v) is 10.6. The van der Waals surface area contributed by atoms with Crippen molar-refractivity contribution >= 4 is 5.69 Å². The van der Waals surface area contributed by atoms with Crippen LogP contribution >= 0.6 is 0 Å². The average Bonchev–Trinajstić information content (AvgIpc) is 3.10. The van der Waals surface area contributed by atoms with E-state index in [9.17, 15) is 4.39 Å². The minimum atomic E-state index is -0.229. The van der Waals surface area contributed by atoms with Crippen LogP contribution in [0.3, 0.4) is 0 Å². The summed E-state index contributed by atoms with van der Waals surface area (Å²) in [6.45, 7) is 1.79. The number of halogens is 1. The van der Waals surface area contributed by atoms with E-state index in [-0.39, 0.29) is 12.4 Å². The Morgan fingerprint density at radius 2 is 2.11 bits per heavy atom. The number of benzene rings is 1. The van der Waals surface area contributed by atoms with E-state index in [1.807, 2.05) is 0 Å². The number of aromatic amines is 1. The van der Waals surface area contributed by atoms with Crippen LogP contribution in [0.1, 0.15) is 18.7 Å². The Balaban J connectivity index is 2.04. The normalized spacial score (nSPS) is 15.2. The lowest BCUT2D eigenvalue weighted by atomic mass is 10.1. The molecule has 2 aromatic rings. The number of anilines is 1. The van der Waals surface area contributed by atoms with Gasteiger partial charge in [-0.1, -0.05) is 0 Å². The van der Waals surface area contributed by atoms with Crippen LogP contribution in [0.5, 0.6) is 0 Å². The number of hydrogen-bond acceptors (Lipinski definition) is 3. The number of hydrogen-bond donors (Lipinski definition) is 2. The van der Waals surface area contributed by atoms with Gasteiger partial charge in [-0.2, -0.15) is 0 Å². The number of nitrogens with zero attached hydrogens (tertiary/aromatic N) is 2. The highest BCUT2D eigenvalue weighted by molar-refractivity contribution is 5.76. The molecule has 1 fully saturated rings. The summed E-state index contributed by atoms with van der Waals surface area (Å²) in [6.07, 6.45) is 3.96. The molecule has 0 aliphatic carbocycles. The molecule has 0 saturated carbocycles. The SMILES string of the molecule is OCc1ncc(-c2ccc(F)cc2N2CCCC2)[nH]1. The summed E-state index contributed by atoms with van der Waals surface area (Å²) in [5.74, 6) is 0.291. The molecule has 5 heteroatoms. The van der Waals surface area contributed by atoms with Crippen molar-refractivity contribution in [2.24, 2.45) is 0 Å². The number of aromatic nitrogens is 2. The van der Waals surface area contributed by atoms with E-state index in [4.69, 9.17) is 5.11 Å². The zero-order chi connectivity index (χ0) is 13.2. The highest BCUT2D eigenvalue weighted by atomic mass is 19.1. The van der Waals surface area contributed by atoms with Crippen molar-refractivity contribution in [3.63, 3.8) is 0 Å². The Hall–Kier alpha value is -1.88. The van der Waals surface area contributed by atoms with Crippen LogP contribution in [0.15, 0.2) is 24.4 Å². The molecular formula is C14H16FN3O. The molecule has 0 atom stereocenters. The van der Waals surface area contributed by atoms with Gasteiger partial charge in [-0.05, 0) is 31.0 Å². The van der Waals surface area contributed by atoms with Crippen molar-refractivity contribution in [2.75, 3.05) is 18.0 Å². The Morgan fingerprint density at radius 3 is 2.79 bits per heavy atom. The number of imidazole rings is 1. The van der Waals surface area contributed by atoms with Crippen LogP contribution in [0.2, 0.25) is 0 Å². The molecule has 19 heavy (non-hydrogen) atoms. The maximum atomic E-state index is 13.5. The molecule has 4 nitrogen and oxygen atoms in total. The number of rotatable bonds is 3. The second-order valence-electron chi connectivity index (χ2n) is 4.76. The van der Waals surface area contributed by atoms with Gasteiger partial charge in [0.2, 0.25) is 0 Å². The van der Waals surface area contributed by atoms with Gasteiger partial charge in [0.05, 0.1) is 11.9 Å². The number of aliphatic hydroxyl groups is 1. The van der Waals surface area contributed by atoms with Crippen molar-refractivity contribution in [3.8, 4) is 11.3 Å². The lowest BCUT2D eigenvalue weighted by Gasteiger charge is -2.20. The molecule has 0 radical (unpaired) electrons. The van der Waals surface area contributed by atoms with Gasteiger partial charge in [0.15, 0.2) is 0 Å². The average molecular weight is 261 g/mol. The first kappa shape index (κ1) is 12.2. The van der Waals surface area contributed by atoms with Gasteiger partial charge in [-0.25, -0.2) is 9.37 Å². The predicted molar refractivity (Wildman–Crippen MR) is 71.4 cm³/mol. The fraction of sp³-hybridized carbons (Fsp3) is 0.357. The molecule has 1 aliphatic rings. The summed E-state index contributed by atoms with van der Waals surface area (Å²) >= 11 is 0.